The molecule has 1 aromatic heterocycles. The molecule has 1 aromatic carbocycles. The van der Waals surface area contributed by atoms with Crippen LogP contribution in [0.2, 0.25) is 0 Å². The normalized spacial score (nSPS) is 16.3. The molecule has 2 heterocycles. The number of ether oxygens (including phenoxy) is 1. The Bertz CT molecular complexity index is 616. The van der Waals surface area contributed by atoms with E-state index in [9.17, 15) is 8.78 Å². The molecule has 112 valence electrons. The Balaban J connectivity index is 1.83. The average Bonchev–Trinajstić information content (AvgIpc) is 2.80. The van der Waals surface area contributed by atoms with E-state index >= 15 is 0 Å². The summed E-state index contributed by atoms with van der Waals surface area (Å²) in [5.74, 6) is -0.374. The summed E-state index contributed by atoms with van der Waals surface area (Å²) in [5.41, 5.74) is 1.10. The first-order valence-electron chi connectivity index (χ1n) is 6.85. The number of rotatable bonds is 3. The topological polar surface area (TPSA) is 38.5 Å². The molecule has 4 nitrogen and oxygen atoms in total. The molecule has 1 fully saturated rings. The van der Waals surface area contributed by atoms with E-state index in [0.29, 0.717) is 31.1 Å². The van der Waals surface area contributed by atoms with Gasteiger partial charge in [-0.2, -0.15) is 0 Å². The van der Waals surface area contributed by atoms with Gasteiger partial charge in [-0.3, -0.25) is 4.90 Å². The molecule has 0 bridgehead atoms. The Hall–Kier alpha value is -1.79. The van der Waals surface area contributed by atoms with Crippen molar-refractivity contribution < 1.29 is 17.9 Å². The van der Waals surface area contributed by atoms with Crippen LogP contribution >= 0.6 is 0 Å². The molecule has 1 aliphatic heterocycles. The SMILES string of the molecule is Cc1oc(-c2cc(F)cc(F)c2)nc1CN1CCOCC1. The minimum absolute atomic E-state index is 0.245. The number of oxazole rings is 1. The van der Waals surface area contributed by atoms with Gasteiger partial charge in [-0.15, -0.1) is 0 Å². The molecule has 0 radical (unpaired) electrons. The van der Waals surface area contributed by atoms with Crippen molar-refractivity contribution in [2.24, 2.45) is 0 Å². The van der Waals surface area contributed by atoms with Crippen molar-refractivity contribution in [3.63, 3.8) is 0 Å². The van der Waals surface area contributed by atoms with Gasteiger partial charge in [0.2, 0.25) is 5.89 Å². The van der Waals surface area contributed by atoms with E-state index in [0.717, 1.165) is 24.8 Å². The smallest absolute Gasteiger partial charge is 0.226 e. The number of hydrogen-bond acceptors (Lipinski definition) is 4. The van der Waals surface area contributed by atoms with Crippen molar-refractivity contribution >= 4 is 0 Å². The fraction of sp³-hybridized carbons (Fsp3) is 0.400. The highest BCUT2D eigenvalue weighted by Crippen LogP contribution is 2.24. The predicted octanol–water partition coefficient (Wildman–Crippen LogP) is 2.76. The quantitative estimate of drug-likeness (QED) is 0.872. The predicted molar refractivity (Wildman–Crippen MR) is 72.7 cm³/mol. The second-order valence-electron chi connectivity index (χ2n) is 5.07. The molecular weight excluding hydrogens is 278 g/mol. The lowest BCUT2D eigenvalue weighted by Crippen LogP contribution is -2.35. The molecule has 0 spiro atoms. The number of aromatic nitrogens is 1. The van der Waals surface area contributed by atoms with Gasteiger partial charge in [0.25, 0.3) is 0 Å². The Morgan fingerprint density at radius 1 is 1.14 bits per heavy atom. The number of aryl methyl sites for hydroxylation is 1. The fourth-order valence-electron chi connectivity index (χ4n) is 2.35. The number of morpholine rings is 1. The van der Waals surface area contributed by atoms with Gasteiger partial charge in [0.05, 0.1) is 18.9 Å². The van der Waals surface area contributed by atoms with Crippen LogP contribution in [-0.2, 0) is 11.3 Å². The first-order chi connectivity index (χ1) is 10.1. The van der Waals surface area contributed by atoms with E-state index < -0.39 is 11.6 Å². The molecule has 6 heteroatoms. The number of nitrogens with zero attached hydrogens (tertiary/aromatic N) is 2. The molecule has 3 rings (SSSR count). The molecule has 0 aliphatic carbocycles. The third-order valence-corrected chi connectivity index (χ3v) is 3.48. The molecule has 0 saturated carbocycles. The van der Waals surface area contributed by atoms with Crippen LogP contribution in [0.15, 0.2) is 22.6 Å². The van der Waals surface area contributed by atoms with Crippen molar-refractivity contribution in [2.75, 3.05) is 26.3 Å². The minimum Gasteiger partial charge on any atom is -0.441 e. The van der Waals surface area contributed by atoms with Crippen LogP contribution in [0, 0.1) is 18.6 Å². The van der Waals surface area contributed by atoms with Crippen LogP contribution in [0.4, 0.5) is 8.78 Å². The number of benzene rings is 1. The maximum Gasteiger partial charge on any atom is 0.226 e. The van der Waals surface area contributed by atoms with Crippen molar-refractivity contribution in [1.29, 1.82) is 0 Å². The Labute approximate surface area is 121 Å². The van der Waals surface area contributed by atoms with E-state index in [1.54, 1.807) is 0 Å². The number of hydrogen-bond donors (Lipinski definition) is 0. The lowest BCUT2D eigenvalue weighted by molar-refractivity contribution is 0.0335. The van der Waals surface area contributed by atoms with Crippen molar-refractivity contribution in [1.82, 2.24) is 9.88 Å². The zero-order chi connectivity index (χ0) is 14.8. The zero-order valence-electron chi connectivity index (χ0n) is 11.7. The highest BCUT2D eigenvalue weighted by Gasteiger charge is 2.17. The Morgan fingerprint density at radius 2 is 1.81 bits per heavy atom. The Kier molecular flexibility index (Phi) is 3.98. The molecule has 0 unspecified atom stereocenters. The number of halogens is 2. The summed E-state index contributed by atoms with van der Waals surface area (Å²) in [7, 11) is 0. The molecular formula is C15H16F2N2O2. The summed E-state index contributed by atoms with van der Waals surface area (Å²) < 4.78 is 37.4. The molecule has 0 N–H and O–H groups in total. The van der Waals surface area contributed by atoms with Crippen LogP contribution < -0.4 is 0 Å². The van der Waals surface area contributed by atoms with E-state index in [-0.39, 0.29) is 5.89 Å². The summed E-state index contributed by atoms with van der Waals surface area (Å²) in [6.45, 7) is 5.56. The third kappa shape index (κ3) is 3.28. The van der Waals surface area contributed by atoms with Gasteiger partial charge in [-0.1, -0.05) is 0 Å². The maximum atomic E-state index is 13.3. The van der Waals surface area contributed by atoms with Gasteiger partial charge in [0.1, 0.15) is 17.4 Å². The van der Waals surface area contributed by atoms with Crippen molar-refractivity contribution in [3.8, 4) is 11.5 Å². The van der Waals surface area contributed by atoms with Crippen LogP contribution in [0.5, 0.6) is 0 Å². The van der Waals surface area contributed by atoms with Gasteiger partial charge in [-0.25, -0.2) is 13.8 Å². The molecule has 2 aromatic rings. The molecule has 1 saturated heterocycles. The minimum atomic E-state index is -0.643. The van der Waals surface area contributed by atoms with Gasteiger partial charge in [0, 0.05) is 31.3 Å². The van der Waals surface area contributed by atoms with E-state index in [1.807, 2.05) is 6.92 Å². The first-order valence-corrected chi connectivity index (χ1v) is 6.85. The van der Waals surface area contributed by atoms with Gasteiger partial charge >= 0.3 is 0 Å². The van der Waals surface area contributed by atoms with E-state index in [4.69, 9.17) is 9.15 Å². The summed E-state index contributed by atoms with van der Waals surface area (Å²) in [6, 6.07) is 3.26. The summed E-state index contributed by atoms with van der Waals surface area (Å²) >= 11 is 0. The summed E-state index contributed by atoms with van der Waals surface area (Å²) in [4.78, 5) is 6.59. The van der Waals surface area contributed by atoms with Gasteiger partial charge < -0.3 is 9.15 Å². The van der Waals surface area contributed by atoms with Gasteiger partial charge in [0.15, 0.2) is 0 Å². The van der Waals surface area contributed by atoms with Gasteiger partial charge in [-0.05, 0) is 19.1 Å². The lowest BCUT2D eigenvalue weighted by atomic mass is 10.2. The van der Waals surface area contributed by atoms with Crippen LogP contribution in [0.3, 0.4) is 0 Å². The fourth-order valence-corrected chi connectivity index (χ4v) is 2.35. The standard InChI is InChI=1S/C15H16F2N2O2/c1-10-14(9-19-2-4-20-5-3-19)18-15(21-10)11-6-12(16)8-13(17)7-11/h6-8H,2-5,9H2,1H3. The van der Waals surface area contributed by atoms with Crippen molar-refractivity contribution in [3.05, 3.63) is 41.3 Å². The third-order valence-electron chi connectivity index (χ3n) is 3.48. The van der Waals surface area contributed by atoms with Crippen LogP contribution in [0.25, 0.3) is 11.5 Å². The summed E-state index contributed by atoms with van der Waals surface area (Å²) in [6.07, 6.45) is 0. The first kappa shape index (κ1) is 14.2. The molecule has 21 heavy (non-hydrogen) atoms. The Morgan fingerprint density at radius 3 is 2.48 bits per heavy atom. The van der Waals surface area contributed by atoms with E-state index in [2.05, 4.69) is 9.88 Å². The lowest BCUT2D eigenvalue weighted by Gasteiger charge is -2.25. The zero-order valence-corrected chi connectivity index (χ0v) is 11.7. The average molecular weight is 294 g/mol. The maximum absolute atomic E-state index is 13.3. The molecule has 0 atom stereocenters. The van der Waals surface area contributed by atoms with Crippen molar-refractivity contribution in [2.45, 2.75) is 13.5 Å². The molecule has 1 aliphatic rings. The van der Waals surface area contributed by atoms with Crippen LogP contribution in [-0.4, -0.2) is 36.2 Å². The summed E-state index contributed by atoms with van der Waals surface area (Å²) in [5, 5.41) is 0. The highest BCUT2D eigenvalue weighted by molar-refractivity contribution is 5.53. The highest BCUT2D eigenvalue weighted by atomic mass is 19.1. The second-order valence-corrected chi connectivity index (χ2v) is 5.07. The van der Waals surface area contributed by atoms with Crippen LogP contribution in [0.1, 0.15) is 11.5 Å². The monoisotopic (exact) mass is 294 g/mol. The van der Waals surface area contributed by atoms with E-state index in [1.165, 1.54) is 12.1 Å². The largest absolute Gasteiger partial charge is 0.441 e. The molecule has 0 amide bonds. The second kappa shape index (κ2) is 5.91.